The van der Waals surface area contributed by atoms with Crippen molar-refractivity contribution >= 4 is 28.8 Å². The Balaban J connectivity index is 0.796. The molecule has 6 rings (SSSR count). The minimum absolute atomic E-state index is 0.170. The summed E-state index contributed by atoms with van der Waals surface area (Å²) in [7, 11) is 0. The molecule has 3 N–H and O–H groups in total. The maximum absolute atomic E-state index is 12.1. The SMILES string of the molecule is CCC(CC)CNc1ncc2c(-c3ccc(CN4CCN(CCCCCCOCCCc5ccc(C6CCC(=O)NC6=O)cc5)CC4)cc3)c[nH]c2n1. The molecule has 1 unspecified atom stereocenters. The first-order valence-corrected chi connectivity index (χ1v) is 20.1. The third-order valence-electron chi connectivity index (χ3n) is 11.2. The standard InChI is InChI=1S/C43H59N7O3/c1-3-32(4-2)28-45-43-46-30-39-38(29-44-41(39)48-43)36-17-13-34(14-18-36)31-50-24-22-49(23-25-50)21-7-5-6-8-26-53-27-9-10-33-11-15-35(16-12-33)37-19-20-40(51)47-42(37)52/h11-18,29-30,32,37H,3-10,19-28,31H2,1-2H3,(H,47,51,52)(H2,44,45,46,48). The molecule has 2 fully saturated rings. The highest BCUT2D eigenvalue weighted by Gasteiger charge is 2.27. The highest BCUT2D eigenvalue weighted by molar-refractivity contribution is 6.01. The first kappa shape index (κ1) is 38.6. The number of anilines is 1. The summed E-state index contributed by atoms with van der Waals surface area (Å²) in [4.78, 5) is 41.4. The predicted octanol–water partition coefficient (Wildman–Crippen LogP) is 7.32. The van der Waals surface area contributed by atoms with Crippen LogP contribution in [0.4, 0.5) is 5.95 Å². The van der Waals surface area contributed by atoms with E-state index in [0.29, 0.717) is 24.7 Å². The van der Waals surface area contributed by atoms with E-state index in [-0.39, 0.29) is 17.7 Å². The molecule has 53 heavy (non-hydrogen) atoms. The lowest BCUT2D eigenvalue weighted by molar-refractivity contribution is -0.134. The average molecular weight is 722 g/mol. The number of imide groups is 1. The number of nitrogens with one attached hydrogen (secondary N) is 3. The number of amides is 2. The molecule has 10 nitrogen and oxygen atoms in total. The number of piperazine rings is 1. The number of aryl methyl sites for hydroxylation is 1. The molecule has 4 aromatic rings. The average Bonchev–Trinajstić information content (AvgIpc) is 3.61. The predicted molar refractivity (Wildman–Crippen MR) is 213 cm³/mol. The number of hydrogen-bond acceptors (Lipinski definition) is 8. The lowest BCUT2D eigenvalue weighted by atomic mass is 9.90. The van der Waals surface area contributed by atoms with Crippen molar-refractivity contribution in [3.63, 3.8) is 0 Å². The monoisotopic (exact) mass is 721 g/mol. The van der Waals surface area contributed by atoms with Crippen LogP contribution < -0.4 is 10.6 Å². The molecular formula is C43H59N7O3. The minimum atomic E-state index is -0.215. The molecule has 4 heterocycles. The molecule has 0 saturated carbocycles. The third kappa shape index (κ3) is 11.2. The Morgan fingerprint density at radius 3 is 2.34 bits per heavy atom. The van der Waals surface area contributed by atoms with Gasteiger partial charge in [0.25, 0.3) is 0 Å². The van der Waals surface area contributed by atoms with Gasteiger partial charge in [0.1, 0.15) is 5.65 Å². The lowest BCUT2D eigenvalue weighted by Crippen LogP contribution is -2.46. The number of benzene rings is 2. The van der Waals surface area contributed by atoms with Gasteiger partial charge in [0.05, 0.1) is 5.92 Å². The number of fused-ring (bicyclic) bond motifs is 1. The van der Waals surface area contributed by atoms with Gasteiger partial charge in [-0.1, -0.05) is 88.1 Å². The summed E-state index contributed by atoms with van der Waals surface area (Å²) < 4.78 is 5.91. The second kappa shape index (κ2) is 19.8. The largest absolute Gasteiger partial charge is 0.381 e. The molecule has 2 aromatic heterocycles. The fourth-order valence-corrected chi connectivity index (χ4v) is 7.56. The number of carbonyl (C=O) groups excluding carboxylic acids is 2. The van der Waals surface area contributed by atoms with Crippen LogP contribution in [0.5, 0.6) is 0 Å². The zero-order valence-electron chi connectivity index (χ0n) is 31.9. The van der Waals surface area contributed by atoms with Crippen LogP contribution in [0.1, 0.15) is 94.2 Å². The van der Waals surface area contributed by atoms with Crippen LogP contribution in [-0.4, -0.2) is 89.0 Å². The Labute approximate surface area is 315 Å². The highest BCUT2D eigenvalue weighted by Crippen LogP contribution is 2.29. The van der Waals surface area contributed by atoms with Gasteiger partial charge in [0.2, 0.25) is 17.8 Å². The van der Waals surface area contributed by atoms with Crippen molar-refractivity contribution in [3.8, 4) is 11.1 Å². The normalized spacial score (nSPS) is 17.2. The second-order valence-electron chi connectivity index (χ2n) is 14.9. The van der Waals surface area contributed by atoms with Crippen LogP contribution in [0.3, 0.4) is 0 Å². The first-order chi connectivity index (χ1) is 26.0. The number of aromatic nitrogens is 3. The maximum Gasteiger partial charge on any atom is 0.234 e. The number of rotatable bonds is 20. The van der Waals surface area contributed by atoms with Crippen LogP contribution in [0, 0.1) is 5.92 Å². The summed E-state index contributed by atoms with van der Waals surface area (Å²) in [5.74, 6) is 0.767. The Kier molecular flexibility index (Phi) is 14.4. The van der Waals surface area contributed by atoms with Gasteiger partial charge < -0.3 is 19.9 Å². The molecule has 10 heteroatoms. The van der Waals surface area contributed by atoms with Crippen molar-refractivity contribution in [1.29, 1.82) is 0 Å². The summed E-state index contributed by atoms with van der Waals surface area (Å²) in [6, 6.07) is 17.2. The number of nitrogens with zero attached hydrogens (tertiary/aromatic N) is 4. The number of ether oxygens (including phenoxy) is 1. The second-order valence-corrected chi connectivity index (χ2v) is 14.9. The number of H-pyrrole nitrogens is 1. The van der Waals surface area contributed by atoms with Gasteiger partial charge in [0, 0.05) is 82.2 Å². The third-order valence-corrected chi connectivity index (χ3v) is 11.2. The van der Waals surface area contributed by atoms with Crippen LogP contribution in [0.25, 0.3) is 22.2 Å². The zero-order chi connectivity index (χ0) is 36.8. The smallest absolute Gasteiger partial charge is 0.234 e. The number of aromatic amines is 1. The summed E-state index contributed by atoms with van der Waals surface area (Å²) in [5, 5.41) is 6.91. The van der Waals surface area contributed by atoms with Crippen molar-refractivity contribution in [3.05, 3.63) is 77.6 Å². The molecule has 2 aliphatic heterocycles. The topological polar surface area (TPSA) is 115 Å². The van der Waals surface area contributed by atoms with Gasteiger partial charge in [-0.2, -0.15) is 4.98 Å². The molecule has 284 valence electrons. The van der Waals surface area contributed by atoms with Gasteiger partial charge in [-0.05, 0) is 66.8 Å². The molecular weight excluding hydrogens is 663 g/mol. The van der Waals surface area contributed by atoms with E-state index in [4.69, 9.17) is 9.72 Å². The Morgan fingerprint density at radius 2 is 1.58 bits per heavy atom. The molecule has 2 amide bonds. The molecule has 2 saturated heterocycles. The van der Waals surface area contributed by atoms with E-state index >= 15 is 0 Å². The quantitative estimate of drug-likeness (QED) is 0.0643. The Hall–Kier alpha value is -4.12. The van der Waals surface area contributed by atoms with E-state index in [2.05, 4.69) is 80.6 Å². The van der Waals surface area contributed by atoms with E-state index < -0.39 is 0 Å². The van der Waals surface area contributed by atoms with Crippen LogP contribution >= 0.6 is 0 Å². The maximum atomic E-state index is 12.1. The summed E-state index contributed by atoms with van der Waals surface area (Å²) >= 11 is 0. The molecule has 0 bridgehead atoms. The van der Waals surface area contributed by atoms with Gasteiger partial charge in [-0.25, -0.2) is 4.98 Å². The zero-order valence-corrected chi connectivity index (χ0v) is 31.9. The fourth-order valence-electron chi connectivity index (χ4n) is 7.56. The van der Waals surface area contributed by atoms with Crippen molar-refractivity contribution in [2.24, 2.45) is 5.92 Å². The van der Waals surface area contributed by atoms with E-state index in [9.17, 15) is 9.59 Å². The van der Waals surface area contributed by atoms with Crippen LogP contribution in [-0.2, 0) is 27.3 Å². The first-order valence-electron chi connectivity index (χ1n) is 20.1. The molecule has 0 radical (unpaired) electrons. The lowest BCUT2D eigenvalue weighted by Gasteiger charge is -2.34. The van der Waals surface area contributed by atoms with Gasteiger partial charge in [-0.3, -0.25) is 19.8 Å². The highest BCUT2D eigenvalue weighted by atomic mass is 16.5. The number of carbonyl (C=O) groups is 2. The van der Waals surface area contributed by atoms with E-state index in [1.54, 1.807) is 0 Å². The van der Waals surface area contributed by atoms with Crippen molar-refractivity contribution in [2.75, 3.05) is 57.8 Å². The summed E-state index contributed by atoms with van der Waals surface area (Å²) in [5.41, 5.74) is 6.80. The minimum Gasteiger partial charge on any atom is -0.381 e. The molecule has 1 atom stereocenters. The molecule has 0 spiro atoms. The molecule has 2 aromatic carbocycles. The van der Waals surface area contributed by atoms with E-state index in [1.807, 2.05) is 24.5 Å². The van der Waals surface area contributed by atoms with Gasteiger partial charge in [-0.15, -0.1) is 0 Å². The Bertz CT molecular complexity index is 1730. The fraction of sp³-hybridized carbons (Fsp3) is 0.535. The number of hydrogen-bond donors (Lipinski definition) is 3. The summed E-state index contributed by atoms with van der Waals surface area (Å²) in [6.07, 6.45) is 14.1. The number of piperidine rings is 1. The molecule has 0 aliphatic carbocycles. The van der Waals surface area contributed by atoms with E-state index in [1.165, 1.54) is 42.5 Å². The summed E-state index contributed by atoms with van der Waals surface area (Å²) in [6.45, 7) is 13.7. The number of unbranched alkanes of at least 4 members (excludes halogenated alkanes) is 3. The van der Waals surface area contributed by atoms with Crippen molar-refractivity contribution in [2.45, 2.75) is 90.5 Å². The van der Waals surface area contributed by atoms with Gasteiger partial charge in [0.15, 0.2) is 0 Å². The van der Waals surface area contributed by atoms with Crippen LogP contribution in [0.15, 0.2) is 60.9 Å². The Morgan fingerprint density at radius 1 is 0.868 bits per heavy atom. The van der Waals surface area contributed by atoms with Gasteiger partial charge >= 0.3 is 0 Å². The van der Waals surface area contributed by atoms with Crippen molar-refractivity contribution in [1.82, 2.24) is 30.1 Å². The van der Waals surface area contributed by atoms with Crippen molar-refractivity contribution < 1.29 is 14.3 Å². The van der Waals surface area contributed by atoms with Crippen LogP contribution in [0.2, 0.25) is 0 Å². The van der Waals surface area contributed by atoms with E-state index in [0.717, 1.165) is 107 Å². The molecule has 2 aliphatic rings.